The molecule has 0 aliphatic carbocycles. The fourth-order valence-electron chi connectivity index (χ4n) is 2.83. The predicted molar refractivity (Wildman–Crippen MR) is 104 cm³/mol. The summed E-state index contributed by atoms with van der Waals surface area (Å²) in [6, 6.07) is 8.50. The van der Waals surface area contributed by atoms with Crippen LogP contribution in [0.5, 0.6) is 0 Å². The summed E-state index contributed by atoms with van der Waals surface area (Å²) >= 11 is 0. The van der Waals surface area contributed by atoms with Crippen LogP contribution in [0.3, 0.4) is 0 Å². The van der Waals surface area contributed by atoms with Crippen molar-refractivity contribution in [3.8, 4) is 0 Å². The van der Waals surface area contributed by atoms with Gasteiger partial charge in [0.1, 0.15) is 0 Å². The van der Waals surface area contributed by atoms with Crippen molar-refractivity contribution in [3.05, 3.63) is 60.1 Å². The minimum atomic E-state index is -0.00728. The normalized spacial score (nSPS) is 13.7. The third kappa shape index (κ3) is 3.02. The zero-order chi connectivity index (χ0) is 17.3. The van der Waals surface area contributed by atoms with Crippen molar-refractivity contribution in [3.63, 3.8) is 0 Å². The highest BCUT2D eigenvalue weighted by atomic mass is 14.7. The summed E-state index contributed by atoms with van der Waals surface area (Å²) in [4.78, 5) is 11.8. The number of H-pyrrole nitrogens is 1. The molecule has 0 unspecified atom stereocenters. The third-order valence-electron chi connectivity index (χ3n) is 4.29. The highest BCUT2D eigenvalue weighted by molar-refractivity contribution is 6.07. The fourth-order valence-corrected chi connectivity index (χ4v) is 2.83. The number of aromatic nitrogens is 2. The van der Waals surface area contributed by atoms with Crippen LogP contribution in [-0.2, 0) is 0 Å². The van der Waals surface area contributed by atoms with Gasteiger partial charge in [-0.15, -0.1) is 0 Å². The van der Waals surface area contributed by atoms with Crippen molar-refractivity contribution >= 4 is 34.1 Å². The van der Waals surface area contributed by atoms with Gasteiger partial charge in [0, 0.05) is 45.3 Å². The predicted octanol–water partition coefficient (Wildman–Crippen LogP) is 5.75. The number of fused-ring (bicyclic) bond motifs is 3. The van der Waals surface area contributed by atoms with Crippen molar-refractivity contribution in [1.82, 2.24) is 9.97 Å². The van der Waals surface area contributed by atoms with E-state index in [0.717, 1.165) is 22.1 Å². The average molecular weight is 317 g/mol. The van der Waals surface area contributed by atoms with E-state index in [1.165, 1.54) is 16.5 Å². The Kier molecular flexibility index (Phi) is 4.10. The molecule has 3 nitrogen and oxygen atoms in total. The Morgan fingerprint density at radius 1 is 1.12 bits per heavy atom. The molecule has 0 atom stereocenters. The van der Waals surface area contributed by atoms with Gasteiger partial charge in [-0.25, -0.2) is 0 Å². The number of aliphatic imine (C=N–C) groups is 1. The molecule has 2 heterocycles. The molecule has 1 aromatic carbocycles. The van der Waals surface area contributed by atoms with Crippen LogP contribution in [0.4, 0.5) is 0 Å². The molecule has 122 valence electrons. The topological polar surface area (TPSA) is 41.0 Å². The second kappa shape index (κ2) is 6.08. The van der Waals surface area contributed by atoms with Crippen LogP contribution in [0.2, 0.25) is 0 Å². The van der Waals surface area contributed by atoms with Crippen LogP contribution in [0.15, 0.2) is 59.5 Å². The largest absolute Gasteiger partial charge is 0.354 e. The molecule has 0 bridgehead atoms. The van der Waals surface area contributed by atoms with Gasteiger partial charge in [-0.05, 0) is 43.0 Å². The van der Waals surface area contributed by atoms with E-state index in [4.69, 9.17) is 0 Å². The van der Waals surface area contributed by atoms with Crippen molar-refractivity contribution in [2.24, 2.45) is 10.4 Å². The van der Waals surface area contributed by atoms with Crippen molar-refractivity contribution in [1.29, 1.82) is 0 Å². The minimum Gasteiger partial charge on any atom is -0.354 e. The maximum Gasteiger partial charge on any atom is 0.0495 e. The second-order valence-electron chi connectivity index (χ2n) is 7.12. The van der Waals surface area contributed by atoms with Crippen LogP contribution >= 0.6 is 0 Å². The smallest absolute Gasteiger partial charge is 0.0495 e. The molecule has 0 saturated heterocycles. The number of nitrogens with one attached hydrogen (secondary N) is 1. The highest BCUT2D eigenvalue weighted by Crippen LogP contribution is 2.29. The quantitative estimate of drug-likeness (QED) is 0.485. The maximum absolute atomic E-state index is 4.22. The molecular weight excluding hydrogens is 294 g/mol. The van der Waals surface area contributed by atoms with E-state index < -0.39 is 0 Å². The summed E-state index contributed by atoms with van der Waals surface area (Å²) in [5.41, 5.74) is 5.61. The number of rotatable bonds is 3. The van der Waals surface area contributed by atoms with E-state index in [-0.39, 0.29) is 5.41 Å². The number of allylic oxidation sites excluding steroid dienone is 4. The fraction of sp³-hybridized carbons (Fsp3) is 0.238. The SMILES string of the molecule is C=N/C(=C\C=C(/C)c1ccc2c(c1)[nH]c1ccncc12)C(C)(C)C. The van der Waals surface area contributed by atoms with Gasteiger partial charge in [0.2, 0.25) is 0 Å². The Labute approximate surface area is 142 Å². The Hall–Kier alpha value is -2.68. The summed E-state index contributed by atoms with van der Waals surface area (Å²) in [5.74, 6) is 0. The van der Waals surface area contributed by atoms with E-state index in [9.17, 15) is 0 Å². The summed E-state index contributed by atoms with van der Waals surface area (Å²) in [5, 5.41) is 2.36. The first-order chi connectivity index (χ1) is 11.4. The minimum absolute atomic E-state index is 0.00728. The van der Waals surface area contributed by atoms with Gasteiger partial charge in [0.15, 0.2) is 0 Å². The second-order valence-corrected chi connectivity index (χ2v) is 7.12. The Balaban J connectivity index is 2.02. The number of hydrogen-bond acceptors (Lipinski definition) is 2. The van der Waals surface area contributed by atoms with Crippen molar-refractivity contribution in [2.75, 3.05) is 0 Å². The molecule has 3 rings (SSSR count). The van der Waals surface area contributed by atoms with Crippen LogP contribution in [0.1, 0.15) is 33.3 Å². The Bertz CT molecular complexity index is 966. The Morgan fingerprint density at radius 3 is 2.62 bits per heavy atom. The zero-order valence-electron chi connectivity index (χ0n) is 14.7. The van der Waals surface area contributed by atoms with Gasteiger partial charge in [0.25, 0.3) is 0 Å². The zero-order valence-corrected chi connectivity index (χ0v) is 14.7. The summed E-state index contributed by atoms with van der Waals surface area (Å²) in [6.45, 7) is 12.2. The molecule has 0 fully saturated rings. The van der Waals surface area contributed by atoms with Gasteiger partial charge in [-0.2, -0.15) is 0 Å². The number of nitrogens with zero attached hydrogens (tertiary/aromatic N) is 2. The van der Waals surface area contributed by atoms with Gasteiger partial charge in [-0.3, -0.25) is 9.98 Å². The lowest BCUT2D eigenvalue weighted by molar-refractivity contribution is 0.499. The summed E-state index contributed by atoms with van der Waals surface area (Å²) < 4.78 is 0. The monoisotopic (exact) mass is 317 g/mol. The molecule has 0 aliphatic heterocycles. The third-order valence-corrected chi connectivity index (χ3v) is 4.29. The lowest BCUT2D eigenvalue weighted by Gasteiger charge is -2.18. The van der Waals surface area contributed by atoms with Crippen molar-refractivity contribution < 1.29 is 0 Å². The molecule has 3 aromatic rings. The molecule has 3 heteroatoms. The van der Waals surface area contributed by atoms with Crippen molar-refractivity contribution in [2.45, 2.75) is 27.7 Å². The van der Waals surface area contributed by atoms with Crippen LogP contribution in [0.25, 0.3) is 27.4 Å². The van der Waals surface area contributed by atoms with E-state index in [0.29, 0.717) is 0 Å². The highest BCUT2D eigenvalue weighted by Gasteiger charge is 2.14. The van der Waals surface area contributed by atoms with Gasteiger partial charge in [0.05, 0.1) is 0 Å². The van der Waals surface area contributed by atoms with Gasteiger partial charge in [-0.1, -0.05) is 39.0 Å². The lowest BCUT2D eigenvalue weighted by Crippen LogP contribution is -2.06. The first-order valence-corrected chi connectivity index (χ1v) is 8.12. The first kappa shape index (κ1) is 16.2. The van der Waals surface area contributed by atoms with Crippen LogP contribution in [-0.4, -0.2) is 16.7 Å². The summed E-state index contributed by atoms with van der Waals surface area (Å²) in [6.07, 6.45) is 7.89. The molecule has 0 saturated carbocycles. The van der Waals surface area contributed by atoms with Gasteiger partial charge < -0.3 is 4.98 Å². The first-order valence-electron chi connectivity index (χ1n) is 8.12. The van der Waals surface area contributed by atoms with E-state index >= 15 is 0 Å². The molecule has 2 aromatic heterocycles. The summed E-state index contributed by atoms with van der Waals surface area (Å²) in [7, 11) is 0. The molecule has 24 heavy (non-hydrogen) atoms. The molecule has 0 amide bonds. The maximum atomic E-state index is 4.22. The molecule has 0 aliphatic rings. The number of aromatic amines is 1. The molecule has 0 radical (unpaired) electrons. The number of benzene rings is 1. The van der Waals surface area contributed by atoms with E-state index in [1.54, 1.807) is 0 Å². The van der Waals surface area contributed by atoms with E-state index in [1.807, 2.05) is 18.5 Å². The lowest BCUT2D eigenvalue weighted by atomic mass is 9.91. The number of pyridine rings is 1. The van der Waals surface area contributed by atoms with E-state index in [2.05, 4.69) is 79.7 Å². The number of hydrogen-bond donors (Lipinski definition) is 1. The van der Waals surface area contributed by atoms with Crippen LogP contribution in [0, 0.1) is 5.41 Å². The molecule has 0 spiro atoms. The molecular formula is C21H23N3. The standard InChI is InChI=1S/C21H23N3/c1-14(6-9-20(22-5)21(2,3)4)15-7-8-16-17-13-23-11-10-18(17)24-19(16)12-15/h6-13,24H,5H2,1-4H3/b14-6+,20-9-. The van der Waals surface area contributed by atoms with Gasteiger partial charge >= 0.3 is 0 Å². The average Bonchev–Trinajstić information content (AvgIpc) is 2.91. The Morgan fingerprint density at radius 2 is 1.92 bits per heavy atom. The molecule has 1 N–H and O–H groups in total. The van der Waals surface area contributed by atoms with Crippen LogP contribution < -0.4 is 0 Å².